The van der Waals surface area contributed by atoms with Crippen LogP contribution in [0.25, 0.3) is 39.9 Å². The van der Waals surface area contributed by atoms with Crippen molar-refractivity contribution in [2.75, 3.05) is 0 Å². The molecule has 6 aromatic rings. The highest BCUT2D eigenvalue weighted by molar-refractivity contribution is 6.16. The van der Waals surface area contributed by atoms with E-state index in [0.717, 1.165) is 74.2 Å². The minimum atomic E-state index is -0.275. The molecule has 0 bridgehead atoms. The van der Waals surface area contributed by atoms with E-state index in [2.05, 4.69) is 179 Å². The Balaban J connectivity index is 0.935. The summed E-state index contributed by atoms with van der Waals surface area (Å²) >= 11 is 0. The number of nitrogens with zero attached hydrogens (tertiary/aromatic N) is 4. The number of fused-ring (bicyclic) bond motifs is 9. The summed E-state index contributed by atoms with van der Waals surface area (Å²) in [6.07, 6.45) is 30.8. The number of rotatable bonds is 5. The maximum atomic E-state index is 5.59. The van der Waals surface area contributed by atoms with Gasteiger partial charge in [-0.25, -0.2) is 9.98 Å². The van der Waals surface area contributed by atoms with E-state index >= 15 is 0 Å². The van der Waals surface area contributed by atoms with E-state index in [4.69, 9.17) is 9.98 Å². The Morgan fingerprint density at radius 3 is 2.37 bits per heavy atom. The minimum Gasteiger partial charge on any atom is -0.367 e. The highest BCUT2D eigenvalue weighted by atomic mass is 15.3. The van der Waals surface area contributed by atoms with Crippen LogP contribution in [0.1, 0.15) is 82.8 Å². The maximum absolute atomic E-state index is 5.59. The molecule has 5 nitrogen and oxygen atoms in total. The van der Waals surface area contributed by atoms with Gasteiger partial charge in [-0.3, -0.25) is 0 Å². The fourth-order valence-electron chi connectivity index (χ4n) is 12.3. The Morgan fingerprint density at radius 2 is 1.44 bits per heavy atom. The fourth-order valence-corrected chi connectivity index (χ4v) is 12.3. The maximum Gasteiger partial charge on any atom is 0.152 e. The SMILES string of the molecule is C1=Cc2cc3c(cc2CC1)c1c(n3C2C=CC3C4Cc5ccccc5C=C4N(C4CCC=CC4C4N=C(c5ccccc5)NC(c5ccc6ccccc6c5)=N4)C3C2)C=CCC1. The first-order valence-electron chi connectivity index (χ1n) is 23.1. The Kier molecular flexibility index (Phi) is 8.52. The number of nitrogens with one attached hydrogen (secondary N) is 1. The van der Waals surface area contributed by atoms with Gasteiger partial charge in [-0.1, -0.05) is 134 Å². The second-order valence-electron chi connectivity index (χ2n) is 18.6. The van der Waals surface area contributed by atoms with E-state index in [-0.39, 0.29) is 24.2 Å². The summed E-state index contributed by atoms with van der Waals surface area (Å²) in [5.41, 5.74) is 13.8. The van der Waals surface area contributed by atoms with Gasteiger partial charge in [-0.2, -0.15) is 0 Å². The van der Waals surface area contributed by atoms with Crippen molar-refractivity contribution in [2.24, 2.45) is 27.7 Å². The zero-order valence-corrected chi connectivity index (χ0v) is 35.1. The lowest BCUT2D eigenvalue weighted by molar-refractivity contribution is 0.125. The number of amidine groups is 2. The topological polar surface area (TPSA) is 44.9 Å². The van der Waals surface area contributed by atoms with Gasteiger partial charge in [0.15, 0.2) is 6.17 Å². The summed E-state index contributed by atoms with van der Waals surface area (Å²) in [7, 11) is 0. The Labute approximate surface area is 364 Å². The molecule has 13 rings (SSSR count). The molecule has 7 unspecified atom stereocenters. The van der Waals surface area contributed by atoms with Gasteiger partial charge in [-0.05, 0) is 120 Å². The van der Waals surface area contributed by atoms with Crippen LogP contribution in [-0.4, -0.2) is 39.4 Å². The average Bonchev–Trinajstić information content (AvgIpc) is 3.83. The number of aliphatic imine (C=N–C) groups is 2. The van der Waals surface area contributed by atoms with E-state index in [1.807, 2.05) is 0 Å². The van der Waals surface area contributed by atoms with Crippen LogP contribution >= 0.6 is 0 Å². The average molecular weight is 806 g/mol. The van der Waals surface area contributed by atoms with Crippen LogP contribution < -0.4 is 5.32 Å². The molecule has 1 aromatic heterocycles. The minimum absolute atomic E-state index is 0.100. The molecule has 1 saturated heterocycles. The fraction of sp³-hybridized carbons (Fsp3) is 0.263. The van der Waals surface area contributed by atoms with E-state index in [9.17, 15) is 0 Å². The first-order chi connectivity index (χ1) is 30.7. The molecule has 7 aliphatic rings. The van der Waals surface area contributed by atoms with Gasteiger partial charge in [0.1, 0.15) is 11.7 Å². The summed E-state index contributed by atoms with van der Waals surface area (Å²) in [5, 5.41) is 7.64. The van der Waals surface area contributed by atoms with E-state index in [1.54, 1.807) is 5.56 Å². The van der Waals surface area contributed by atoms with Crippen molar-refractivity contribution in [3.63, 3.8) is 0 Å². The summed E-state index contributed by atoms with van der Waals surface area (Å²) in [6, 6.07) is 41.0. The monoisotopic (exact) mass is 805 g/mol. The molecule has 0 radical (unpaired) electrons. The molecular formula is C57H51N5. The van der Waals surface area contributed by atoms with Gasteiger partial charge in [0.05, 0.1) is 6.04 Å². The highest BCUT2D eigenvalue weighted by Crippen LogP contribution is 2.53. The number of aryl methyl sites for hydroxylation is 2. The second kappa shape index (κ2) is 14.6. The number of allylic oxidation sites excluding steroid dienone is 5. The molecule has 5 aromatic carbocycles. The standard InChI is InChI=1S/C57H51N5/c1-2-15-37(16-3-1)55-58-56(43-27-26-36-14-4-5-17-38(36)30-43)60-57(59-55)47-23-11-13-25-51(47)62-53-34-42-21-9-7-19-40(42)32-49(53)46-29-28-44(35-54(46)62)61-50-24-12-10-22-45(50)48-31-39-18-6-8-20-41(39)33-52(48)61/h1-5,7-9,11-12,14-17,19-21,23-24,26-31,33-34,44,46-47,49,51,54,57H,6,10,13,18,22,25,32,35H2,(H,58,59,60). The van der Waals surface area contributed by atoms with Gasteiger partial charge in [0.2, 0.25) is 0 Å². The summed E-state index contributed by atoms with van der Waals surface area (Å²) in [4.78, 5) is 14.1. The van der Waals surface area contributed by atoms with Crippen LogP contribution in [0.5, 0.6) is 0 Å². The highest BCUT2D eigenvalue weighted by Gasteiger charge is 2.52. The molecule has 5 aliphatic carbocycles. The Hall–Kier alpha value is -6.46. The molecule has 0 saturated carbocycles. The number of hydrogen-bond donors (Lipinski definition) is 1. The largest absolute Gasteiger partial charge is 0.367 e. The molecule has 5 heteroatoms. The van der Waals surface area contributed by atoms with Crippen molar-refractivity contribution >= 4 is 51.6 Å². The zero-order chi connectivity index (χ0) is 40.7. The van der Waals surface area contributed by atoms with E-state index in [1.165, 1.54) is 55.3 Å². The van der Waals surface area contributed by atoms with Crippen molar-refractivity contribution in [1.29, 1.82) is 0 Å². The molecule has 2 aliphatic heterocycles. The van der Waals surface area contributed by atoms with Crippen molar-refractivity contribution in [1.82, 2.24) is 14.8 Å². The molecule has 1 fully saturated rings. The number of benzene rings is 5. The molecule has 7 atom stereocenters. The molecule has 3 heterocycles. The molecule has 0 amide bonds. The lowest BCUT2D eigenvalue weighted by atomic mass is 9.76. The van der Waals surface area contributed by atoms with Crippen LogP contribution in [0.2, 0.25) is 0 Å². The van der Waals surface area contributed by atoms with Gasteiger partial charge in [0, 0.05) is 63.3 Å². The first kappa shape index (κ1) is 36.2. The Morgan fingerprint density at radius 1 is 0.613 bits per heavy atom. The van der Waals surface area contributed by atoms with Crippen LogP contribution in [0.3, 0.4) is 0 Å². The quantitative estimate of drug-likeness (QED) is 0.176. The number of hydrogen-bond acceptors (Lipinski definition) is 4. The molecule has 1 N–H and O–H groups in total. The van der Waals surface area contributed by atoms with Crippen LogP contribution in [-0.2, 0) is 19.3 Å². The van der Waals surface area contributed by atoms with E-state index in [0.29, 0.717) is 17.9 Å². The number of aromatic nitrogens is 1. The van der Waals surface area contributed by atoms with Crippen molar-refractivity contribution in [2.45, 2.75) is 75.7 Å². The van der Waals surface area contributed by atoms with Gasteiger partial charge in [0.25, 0.3) is 0 Å². The predicted octanol–water partition coefficient (Wildman–Crippen LogP) is 11.9. The normalized spacial score (nSPS) is 26.8. The summed E-state index contributed by atoms with van der Waals surface area (Å²) in [5.74, 6) is 2.77. The van der Waals surface area contributed by atoms with Crippen molar-refractivity contribution < 1.29 is 0 Å². The lowest BCUT2D eigenvalue weighted by Crippen LogP contribution is -2.50. The van der Waals surface area contributed by atoms with Gasteiger partial charge < -0.3 is 14.8 Å². The third-order valence-corrected chi connectivity index (χ3v) is 15.2. The molecule has 304 valence electrons. The van der Waals surface area contributed by atoms with E-state index < -0.39 is 0 Å². The van der Waals surface area contributed by atoms with Crippen molar-refractivity contribution in [3.05, 3.63) is 196 Å². The zero-order valence-electron chi connectivity index (χ0n) is 35.1. The third kappa shape index (κ3) is 5.88. The summed E-state index contributed by atoms with van der Waals surface area (Å²) in [6.45, 7) is 0. The second-order valence-corrected chi connectivity index (χ2v) is 18.6. The molecule has 62 heavy (non-hydrogen) atoms. The van der Waals surface area contributed by atoms with Crippen LogP contribution in [0, 0.1) is 17.8 Å². The van der Waals surface area contributed by atoms with Crippen molar-refractivity contribution in [3.8, 4) is 0 Å². The lowest BCUT2D eigenvalue weighted by Gasteiger charge is -2.45. The predicted molar refractivity (Wildman–Crippen MR) is 256 cm³/mol. The third-order valence-electron chi connectivity index (χ3n) is 15.2. The first-order valence-corrected chi connectivity index (χ1v) is 23.1. The van der Waals surface area contributed by atoms with Crippen LogP contribution in [0.15, 0.2) is 161 Å². The van der Waals surface area contributed by atoms with Gasteiger partial charge >= 0.3 is 0 Å². The summed E-state index contributed by atoms with van der Waals surface area (Å²) < 4.78 is 2.74. The molecule has 0 spiro atoms. The Bertz CT molecular complexity index is 3010. The van der Waals surface area contributed by atoms with Crippen LogP contribution in [0.4, 0.5) is 0 Å². The smallest absolute Gasteiger partial charge is 0.152 e. The number of likely N-dealkylation sites (tertiary alicyclic amines) is 1. The van der Waals surface area contributed by atoms with Gasteiger partial charge in [-0.15, -0.1) is 0 Å². The molecular weight excluding hydrogens is 755 g/mol.